The normalized spacial score (nSPS) is 15.6. The molecule has 2 aromatic carbocycles. The summed E-state index contributed by atoms with van der Waals surface area (Å²) in [5, 5.41) is 3.11. The Hall–Kier alpha value is -2.60. The van der Waals surface area contributed by atoms with Gasteiger partial charge in [-0.15, -0.1) is 0 Å². The van der Waals surface area contributed by atoms with Crippen LogP contribution in [0.25, 0.3) is 0 Å². The Labute approximate surface area is 187 Å². The number of nitrogens with one attached hydrogen (secondary N) is 1. The van der Waals surface area contributed by atoms with E-state index in [1.54, 1.807) is 11.8 Å². The van der Waals surface area contributed by atoms with Gasteiger partial charge in [0.25, 0.3) is 11.8 Å². The molecule has 5 nitrogen and oxygen atoms in total. The van der Waals surface area contributed by atoms with E-state index in [0.29, 0.717) is 31.7 Å². The minimum absolute atomic E-state index is 0.0703. The van der Waals surface area contributed by atoms with Crippen LogP contribution in [0.2, 0.25) is 5.02 Å². The zero-order valence-electron chi connectivity index (χ0n) is 18.0. The van der Waals surface area contributed by atoms with Crippen molar-refractivity contribution in [1.82, 2.24) is 10.2 Å². The summed E-state index contributed by atoms with van der Waals surface area (Å²) in [5.74, 6) is -0.241. The average molecular weight is 447 g/mol. The molecule has 166 valence electrons. The van der Waals surface area contributed by atoms with Crippen molar-refractivity contribution in [2.75, 3.05) is 13.1 Å². The lowest BCUT2D eigenvalue weighted by Gasteiger charge is -2.33. The third-order valence-corrected chi connectivity index (χ3v) is 5.83. The van der Waals surface area contributed by atoms with Crippen LogP contribution in [0, 0.1) is 5.82 Å². The molecule has 2 aromatic rings. The molecular weight excluding hydrogens is 419 g/mol. The van der Waals surface area contributed by atoms with Crippen molar-refractivity contribution in [2.24, 2.45) is 0 Å². The highest BCUT2D eigenvalue weighted by molar-refractivity contribution is 6.33. The van der Waals surface area contributed by atoms with Crippen LogP contribution >= 0.6 is 11.6 Å². The third kappa shape index (κ3) is 5.56. The van der Waals surface area contributed by atoms with Crippen LogP contribution in [0.3, 0.4) is 0 Å². The van der Waals surface area contributed by atoms with Crippen molar-refractivity contribution in [1.29, 1.82) is 0 Å². The topological polar surface area (TPSA) is 58.6 Å². The van der Waals surface area contributed by atoms with Crippen molar-refractivity contribution in [3.05, 3.63) is 64.4 Å². The highest BCUT2D eigenvalue weighted by Gasteiger charge is 2.28. The number of carbonyl (C=O) groups excluding carboxylic acids is 2. The zero-order valence-corrected chi connectivity index (χ0v) is 18.8. The quantitative estimate of drug-likeness (QED) is 0.694. The van der Waals surface area contributed by atoms with Crippen LogP contribution in [0.15, 0.2) is 42.5 Å². The third-order valence-electron chi connectivity index (χ3n) is 5.52. The van der Waals surface area contributed by atoms with Crippen molar-refractivity contribution in [2.45, 2.75) is 51.7 Å². The molecule has 1 saturated heterocycles. The molecule has 0 bridgehead atoms. The molecule has 0 aromatic heterocycles. The monoisotopic (exact) mass is 446 g/mol. The minimum Gasteiger partial charge on any atom is -0.481 e. The second-order valence-electron chi connectivity index (χ2n) is 8.12. The molecule has 1 unspecified atom stereocenters. The first-order chi connectivity index (χ1) is 14.8. The number of piperidine rings is 1. The fourth-order valence-electron chi connectivity index (χ4n) is 3.71. The Balaban J connectivity index is 1.54. The molecule has 1 heterocycles. The van der Waals surface area contributed by atoms with Gasteiger partial charge < -0.3 is 15.0 Å². The van der Waals surface area contributed by atoms with Gasteiger partial charge in [-0.2, -0.15) is 0 Å². The summed E-state index contributed by atoms with van der Waals surface area (Å²) in [4.78, 5) is 26.9. The van der Waals surface area contributed by atoms with Gasteiger partial charge in [0.15, 0.2) is 6.10 Å². The maximum Gasteiger partial charge on any atom is 0.260 e. The predicted octanol–water partition coefficient (Wildman–Crippen LogP) is 4.79. The van der Waals surface area contributed by atoms with Gasteiger partial charge >= 0.3 is 0 Å². The molecule has 3 rings (SSSR count). The number of halogens is 2. The van der Waals surface area contributed by atoms with Crippen LogP contribution in [0.5, 0.6) is 5.75 Å². The van der Waals surface area contributed by atoms with E-state index in [-0.39, 0.29) is 28.5 Å². The van der Waals surface area contributed by atoms with E-state index in [9.17, 15) is 14.0 Å². The molecule has 1 aliphatic rings. The molecule has 0 aliphatic carbocycles. The molecule has 0 spiro atoms. The van der Waals surface area contributed by atoms with E-state index in [4.69, 9.17) is 16.3 Å². The van der Waals surface area contributed by atoms with Gasteiger partial charge in [0.2, 0.25) is 0 Å². The molecule has 1 aliphatic heterocycles. The van der Waals surface area contributed by atoms with Crippen molar-refractivity contribution < 1.29 is 18.7 Å². The predicted molar refractivity (Wildman–Crippen MR) is 119 cm³/mol. The van der Waals surface area contributed by atoms with Gasteiger partial charge in [-0.05, 0) is 49.4 Å². The van der Waals surface area contributed by atoms with Gasteiger partial charge in [0, 0.05) is 19.1 Å². The Morgan fingerprint density at radius 3 is 2.42 bits per heavy atom. The summed E-state index contributed by atoms with van der Waals surface area (Å²) in [6.07, 6.45) is 0.523. The lowest BCUT2D eigenvalue weighted by molar-refractivity contribution is -0.128. The van der Waals surface area contributed by atoms with Gasteiger partial charge in [-0.3, -0.25) is 9.59 Å². The lowest BCUT2D eigenvalue weighted by Crippen LogP contribution is -2.49. The average Bonchev–Trinajstić information content (AvgIpc) is 2.74. The summed E-state index contributed by atoms with van der Waals surface area (Å²) in [5.41, 5.74) is 0.957. The number of hydrogen-bond donors (Lipinski definition) is 1. The number of para-hydroxylation sites is 1. The number of ether oxygens (including phenoxy) is 1. The SMILES string of the molecule is CC(Oc1ccccc1C(C)C)C(=O)NC1CCN(C(=O)c2c(F)cccc2Cl)CC1. The van der Waals surface area contributed by atoms with Crippen LogP contribution in [0.1, 0.15) is 55.5 Å². The Morgan fingerprint density at radius 1 is 1.10 bits per heavy atom. The fourth-order valence-corrected chi connectivity index (χ4v) is 3.96. The smallest absolute Gasteiger partial charge is 0.260 e. The van der Waals surface area contributed by atoms with Gasteiger partial charge in [0.1, 0.15) is 11.6 Å². The van der Waals surface area contributed by atoms with Crippen LogP contribution in [0.4, 0.5) is 4.39 Å². The number of rotatable bonds is 6. The summed E-state index contributed by atoms with van der Waals surface area (Å²) in [6, 6.07) is 11.8. The number of likely N-dealkylation sites (tertiary alicyclic amines) is 1. The molecule has 1 fully saturated rings. The fraction of sp³-hybridized carbons (Fsp3) is 0.417. The lowest BCUT2D eigenvalue weighted by atomic mass is 10.0. The molecule has 0 saturated carbocycles. The number of nitrogens with zero attached hydrogens (tertiary/aromatic N) is 1. The Morgan fingerprint density at radius 2 is 1.77 bits per heavy atom. The largest absolute Gasteiger partial charge is 0.481 e. The number of benzene rings is 2. The highest BCUT2D eigenvalue weighted by Crippen LogP contribution is 2.27. The maximum absolute atomic E-state index is 14.0. The highest BCUT2D eigenvalue weighted by atomic mass is 35.5. The first kappa shape index (κ1) is 23.1. The molecule has 1 N–H and O–H groups in total. The molecule has 31 heavy (non-hydrogen) atoms. The second-order valence-corrected chi connectivity index (χ2v) is 8.53. The number of amides is 2. The standard InChI is InChI=1S/C24H28ClFN2O3/c1-15(2)18-7-4-5-10-21(18)31-16(3)23(29)27-17-11-13-28(14-12-17)24(30)22-19(25)8-6-9-20(22)26/h4-10,15-17H,11-14H2,1-3H3,(H,27,29). The Bertz CT molecular complexity index is 922. The first-order valence-electron chi connectivity index (χ1n) is 10.6. The number of hydrogen-bond acceptors (Lipinski definition) is 3. The van der Waals surface area contributed by atoms with Gasteiger partial charge in [-0.1, -0.05) is 49.7 Å². The van der Waals surface area contributed by atoms with E-state index in [0.717, 1.165) is 5.56 Å². The summed E-state index contributed by atoms with van der Waals surface area (Å²) in [6.45, 7) is 6.72. The first-order valence-corrected chi connectivity index (χ1v) is 10.9. The zero-order chi connectivity index (χ0) is 22.5. The van der Waals surface area contributed by atoms with Gasteiger partial charge in [0.05, 0.1) is 10.6 Å². The van der Waals surface area contributed by atoms with E-state index >= 15 is 0 Å². The van der Waals surface area contributed by atoms with E-state index in [1.807, 2.05) is 24.3 Å². The van der Waals surface area contributed by atoms with Crippen LogP contribution in [-0.2, 0) is 4.79 Å². The van der Waals surface area contributed by atoms with Crippen molar-refractivity contribution in [3.8, 4) is 5.75 Å². The van der Waals surface area contributed by atoms with E-state index in [1.165, 1.54) is 18.2 Å². The van der Waals surface area contributed by atoms with Crippen molar-refractivity contribution in [3.63, 3.8) is 0 Å². The maximum atomic E-state index is 14.0. The summed E-state index contributed by atoms with van der Waals surface area (Å²) in [7, 11) is 0. The second kappa shape index (κ2) is 10.1. The van der Waals surface area contributed by atoms with Crippen LogP contribution in [-0.4, -0.2) is 41.9 Å². The molecule has 7 heteroatoms. The molecular formula is C24H28ClFN2O3. The molecule has 0 radical (unpaired) electrons. The van der Waals surface area contributed by atoms with Gasteiger partial charge in [-0.25, -0.2) is 4.39 Å². The molecule has 1 atom stereocenters. The minimum atomic E-state index is -0.642. The van der Waals surface area contributed by atoms with Crippen molar-refractivity contribution >= 4 is 23.4 Å². The molecule has 2 amide bonds. The summed E-state index contributed by atoms with van der Waals surface area (Å²) < 4.78 is 20.0. The van der Waals surface area contributed by atoms with E-state index in [2.05, 4.69) is 19.2 Å². The Kier molecular flexibility index (Phi) is 7.55. The van der Waals surface area contributed by atoms with E-state index < -0.39 is 17.8 Å². The summed E-state index contributed by atoms with van der Waals surface area (Å²) >= 11 is 6.01. The number of carbonyl (C=O) groups is 2. The van der Waals surface area contributed by atoms with Crippen LogP contribution < -0.4 is 10.1 Å².